The molecule has 0 aliphatic carbocycles. The third-order valence-corrected chi connectivity index (χ3v) is 7.89. The summed E-state index contributed by atoms with van der Waals surface area (Å²) in [6, 6.07) is 18.8. The van der Waals surface area contributed by atoms with Gasteiger partial charge in [0.15, 0.2) is 0 Å². The molecule has 0 atom stereocenters. The molecule has 10 aromatic rings. The molecular formula is C30H15N3O3. The van der Waals surface area contributed by atoms with Crippen molar-refractivity contribution in [3.63, 3.8) is 0 Å². The molecule has 36 heavy (non-hydrogen) atoms. The summed E-state index contributed by atoms with van der Waals surface area (Å²) in [5, 5.41) is 6.32. The molecule has 0 spiro atoms. The first-order chi connectivity index (χ1) is 17.9. The summed E-state index contributed by atoms with van der Waals surface area (Å²) in [5.41, 5.74) is 9.03. The highest BCUT2D eigenvalue weighted by Gasteiger charge is 2.26. The lowest BCUT2D eigenvalue weighted by molar-refractivity contribution is 0.618. The van der Waals surface area contributed by atoms with Crippen LogP contribution < -0.4 is 0 Å². The van der Waals surface area contributed by atoms with Crippen LogP contribution in [0.15, 0.2) is 105 Å². The van der Waals surface area contributed by atoms with E-state index in [1.165, 1.54) is 0 Å². The lowest BCUT2D eigenvalue weighted by Gasteiger charge is -2.17. The number of pyridine rings is 3. The minimum absolute atomic E-state index is 0.858. The van der Waals surface area contributed by atoms with E-state index in [2.05, 4.69) is 86.4 Å². The number of nitrogens with zero attached hydrogens (tertiary/aromatic N) is 3. The predicted molar refractivity (Wildman–Crippen MR) is 141 cm³/mol. The molecule has 6 heteroatoms. The van der Waals surface area contributed by atoms with Crippen molar-refractivity contribution in [1.82, 2.24) is 13.2 Å². The van der Waals surface area contributed by atoms with Gasteiger partial charge in [-0.1, -0.05) is 0 Å². The molecule has 0 aliphatic rings. The molecule has 0 unspecified atom stereocenters. The summed E-state index contributed by atoms with van der Waals surface area (Å²) in [4.78, 5) is 0. The van der Waals surface area contributed by atoms with Crippen molar-refractivity contribution in [2.75, 3.05) is 0 Å². The summed E-state index contributed by atoms with van der Waals surface area (Å²) < 4.78 is 25.6. The lowest BCUT2D eigenvalue weighted by atomic mass is 9.99. The molecular weight excluding hydrogens is 450 g/mol. The van der Waals surface area contributed by atoms with Gasteiger partial charge in [0.2, 0.25) is 0 Å². The van der Waals surface area contributed by atoms with Crippen LogP contribution in [0.25, 0.3) is 82.2 Å². The first kappa shape index (κ1) is 17.4. The van der Waals surface area contributed by atoms with E-state index in [0.717, 1.165) is 82.2 Å². The summed E-state index contributed by atoms with van der Waals surface area (Å²) >= 11 is 0. The van der Waals surface area contributed by atoms with Gasteiger partial charge in [0.25, 0.3) is 0 Å². The Labute approximate surface area is 200 Å². The molecule has 168 valence electrons. The molecule has 0 amide bonds. The molecule has 0 radical (unpaired) electrons. The largest absolute Gasteiger partial charge is 0.463 e. The van der Waals surface area contributed by atoms with E-state index in [1.807, 2.05) is 0 Å². The van der Waals surface area contributed by atoms with E-state index in [9.17, 15) is 0 Å². The molecule has 0 fully saturated rings. The summed E-state index contributed by atoms with van der Waals surface area (Å²) in [5.74, 6) is 0. The molecule has 0 bridgehead atoms. The van der Waals surface area contributed by atoms with Crippen molar-refractivity contribution in [1.29, 1.82) is 0 Å². The zero-order valence-electron chi connectivity index (χ0n) is 18.7. The smallest absolute Gasteiger partial charge is 0.147 e. The molecule has 1 aromatic carbocycles. The number of hydrogen-bond donors (Lipinski definition) is 0. The van der Waals surface area contributed by atoms with Gasteiger partial charge in [-0.05, 0) is 54.6 Å². The second kappa shape index (κ2) is 5.58. The third-order valence-electron chi connectivity index (χ3n) is 7.89. The van der Waals surface area contributed by atoms with E-state index in [0.29, 0.717) is 0 Å². The summed E-state index contributed by atoms with van der Waals surface area (Å²) in [6.07, 6.45) is 11.7. The topological polar surface area (TPSA) is 52.6 Å². The van der Waals surface area contributed by atoms with Gasteiger partial charge in [-0.3, -0.25) is 0 Å². The van der Waals surface area contributed by atoms with Crippen LogP contribution in [-0.4, -0.2) is 13.2 Å². The predicted octanol–water partition coefficient (Wildman–Crippen LogP) is 8.14. The van der Waals surface area contributed by atoms with Crippen LogP contribution in [0.5, 0.6) is 0 Å². The number of fused-ring (bicyclic) bond motifs is 21. The maximum atomic E-state index is 6.26. The van der Waals surface area contributed by atoms with Gasteiger partial charge in [-0.2, -0.15) is 0 Å². The number of aromatic nitrogens is 3. The van der Waals surface area contributed by atoms with Gasteiger partial charge >= 0.3 is 0 Å². The minimum atomic E-state index is 0.858. The first-order valence-corrected chi connectivity index (χ1v) is 11.9. The molecule has 6 nitrogen and oxygen atoms in total. The monoisotopic (exact) mass is 465 g/mol. The zero-order valence-corrected chi connectivity index (χ0v) is 18.7. The molecule has 0 saturated carbocycles. The van der Waals surface area contributed by atoms with Crippen molar-refractivity contribution >= 4 is 82.2 Å². The van der Waals surface area contributed by atoms with Crippen molar-refractivity contribution in [2.24, 2.45) is 0 Å². The van der Waals surface area contributed by atoms with Gasteiger partial charge in [0.05, 0.1) is 68.0 Å². The van der Waals surface area contributed by atoms with E-state index < -0.39 is 0 Å². The number of hydrogen-bond acceptors (Lipinski definition) is 3. The molecule has 10 rings (SSSR count). The highest BCUT2D eigenvalue weighted by molar-refractivity contribution is 6.37. The van der Waals surface area contributed by atoms with Crippen LogP contribution >= 0.6 is 0 Å². The number of benzene rings is 1. The Hall–Kier alpha value is -5.10. The van der Waals surface area contributed by atoms with Crippen LogP contribution in [0.3, 0.4) is 0 Å². The second-order valence-electron chi connectivity index (χ2n) is 9.45. The van der Waals surface area contributed by atoms with E-state index in [1.54, 1.807) is 18.8 Å². The Kier molecular flexibility index (Phi) is 2.69. The van der Waals surface area contributed by atoms with Gasteiger partial charge in [0, 0.05) is 34.7 Å². The SMILES string of the molecule is c1cc2c3ccoc3c3c(c4c5occc5c5cccn5c4c4c5occc5c5cccn5c34)n2c1. The maximum Gasteiger partial charge on any atom is 0.147 e. The lowest BCUT2D eigenvalue weighted by Crippen LogP contribution is -1.99. The highest BCUT2D eigenvalue weighted by atomic mass is 16.3. The first-order valence-electron chi connectivity index (χ1n) is 11.9. The zero-order chi connectivity index (χ0) is 23.1. The van der Waals surface area contributed by atoms with Gasteiger partial charge in [-0.25, -0.2) is 0 Å². The quantitative estimate of drug-likeness (QED) is 0.212. The van der Waals surface area contributed by atoms with Crippen LogP contribution in [0, 0.1) is 0 Å². The van der Waals surface area contributed by atoms with Gasteiger partial charge in [0.1, 0.15) is 16.7 Å². The Morgan fingerprint density at radius 3 is 1.08 bits per heavy atom. The van der Waals surface area contributed by atoms with Gasteiger partial charge < -0.3 is 26.5 Å². The number of furan rings is 3. The third kappa shape index (κ3) is 1.70. The van der Waals surface area contributed by atoms with Crippen molar-refractivity contribution < 1.29 is 13.3 Å². The molecule has 0 N–H and O–H groups in total. The molecule has 9 heterocycles. The van der Waals surface area contributed by atoms with Crippen molar-refractivity contribution in [2.45, 2.75) is 0 Å². The Morgan fingerprint density at radius 2 is 0.750 bits per heavy atom. The van der Waals surface area contributed by atoms with Crippen LogP contribution in [0.4, 0.5) is 0 Å². The standard InChI is InChI=1S/C30H15N3O3/c1-4-19-16-7-13-34-28(16)22-25(31(19)10-1)23-27(33-12-2-5-20(33)17-8-14-35-29(17)23)24-26(22)32-11-3-6-21(32)18-9-15-36-30(18)24/h1-15H. The fourth-order valence-electron chi connectivity index (χ4n) is 6.58. The van der Waals surface area contributed by atoms with Crippen molar-refractivity contribution in [3.05, 3.63) is 92.0 Å². The van der Waals surface area contributed by atoms with Crippen LogP contribution in [-0.2, 0) is 0 Å². The van der Waals surface area contributed by atoms with E-state index >= 15 is 0 Å². The average molecular weight is 465 g/mol. The Morgan fingerprint density at radius 1 is 0.417 bits per heavy atom. The van der Waals surface area contributed by atoms with Crippen LogP contribution in [0.1, 0.15) is 0 Å². The number of rotatable bonds is 0. The maximum absolute atomic E-state index is 6.26. The summed E-state index contributed by atoms with van der Waals surface area (Å²) in [7, 11) is 0. The molecule has 0 aliphatic heterocycles. The van der Waals surface area contributed by atoms with Gasteiger partial charge in [-0.15, -0.1) is 0 Å². The highest BCUT2D eigenvalue weighted by Crippen LogP contribution is 2.47. The van der Waals surface area contributed by atoms with E-state index in [4.69, 9.17) is 13.3 Å². The normalized spacial score (nSPS) is 13.0. The minimum Gasteiger partial charge on any atom is -0.463 e. The van der Waals surface area contributed by atoms with E-state index in [-0.39, 0.29) is 0 Å². The fraction of sp³-hybridized carbons (Fsp3) is 0. The molecule has 9 aromatic heterocycles. The Balaban J connectivity index is 1.78. The van der Waals surface area contributed by atoms with Crippen molar-refractivity contribution in [3.8, 4) is 0 Å². The average Bonchev–Trinajstić information content (AvgIpc) is 3.73. The Bertz CT molecular complexity index is 2050. The van der Waals surface area contributed by atoms with Crippen LogP contribution in [0.2, 0.25) is 0 Å². The second-order valence-corrected chi connectivity index (χ2v) is 9.45. The fourth-order valence-corrected chi connectivity index (χ4v) is 6.58. The molecule has 0 saturated heterocycles. The summed E-state index contributed by atoms with van der Waals surface area (Å²) in [6.45, 7) is 0.